The first-order valence-corrected chi connectivity index (χ1v) is 7.92. The Morgan fingerprint density at radius 3 is 2.92 bits per heavy atom. The van der Waals surface area contributed by atoms with Gasteiger partial charge in [-0.25, -0.2) is 4.79 Å². The molecule has 2 fully saturated rings. The second-order valence-electron chi connectivity index (χ2n) is 5.94. The molecule has 2 aliphatic heterocycles. The third kappa shape index (κ3) is 3.65. The zero-order chi connectivity index (χ0) is 18.0. The topological polar surface area (TPSA) is 155 Å². The Morgan fingerprint density at radius 1 is 1.48 bits per heavy atom. The molecule has 25 heavy (non-hydrogen) atoms. The summed E-state index contributed by atoms with van der Waals surface area (Å²) in [4.78, 5) is 27.3. The Balaban J connectivity index is 1.64. The van der Waals surface area contributed by atoms with Crippen LogP contribution in [0, 0.1) is 0 Å². The van der Waals surface area contributed by atoms with Crippen LogP contribution in [0.15, 0.2) is 17.1 Å². The monoisotopic (exact) mass is 356 g/mol. The zero-order valence-electron chi connectivity index (χ0n) is 13.2. The summed E-state index contributed by atoms with van der Waals surface area (Å²) in [6, 6.07) is 0.924. The lowest BCUT2D eigenvalue weighted by molar-refractivity contribution is -0.152. The van der Waals surface area contributed by atoms with Gasteiger partial charge in [-0.1, -0.05) is 0 Å². The maximum absolute atomic E-state index is 11.9. The van der Waals surface area contributed by atoms with Crippen LogP contribution in [-0.4, -0.2) is 68.4 Å². The van der Waals surface area contributed by atoms with Crippen molar-refractivity contribution in [2.75, 3.05) is 18.6 Å². The number of aliphatic hydroxyl groups excluding tert-OH is 2. The molecule has 0 aliphatic carbocycles. The quantitative estimate of drug-likeness (QED) is 0.294. The first-order valence-electron chi connectivity index (χ1n) is 7.92. The normalized spacial score (nSPS) is 31.9. The summed E-state index contributed by atoms with van der Waals surface area (Å²) in [5.41, 5.74) is 0.944. The molecule has 3 rings (SSSR count). The standard InChI is InChI=1S/C14H20N4O7/c19-10-8(6-24-13(21)7-2-1-4-15-7)25-12(11(10)20)18-5-3-9(17-23)16-14(18)22/h3,5,7-8,10-12,15,19-20,23H,1-2,4,6H2,(H,16,17,22)/t7-,8+,10+,11+,12+/m0/s1. The highest BCUT2D eigenvalue weighted by molar-refractivity contribution is 5.76. The average molecular weight is 356 g/mol. The lowest BCUT2D eigenvalue weighted by Gasteiger charge is -2.17. The molecule has 3 heterocycles. The Kier molecular flexibility index (Phi) is 5.30. The van der Waals surface area contributed by atoms with E-state index in [1.54, 1.807) is 5.48 Å². The van der Waals surface area contributed by atoms with Crippen molar-refractivity contribution in [1.82, 2.24) is 14.9 Å². The van der Waals surface area contributed by atoms with Crippen LogP contribution in [0.5, 0.6) is 0 Å². The van der Waals surface area contributed by atoms with E-state index in [0.29, 0.717) is 6.42 Å². The maximum atomic E-state index is 11.9. The smallest absolute Gasteiger partial charge is 0.351 e. The predicted molar refractivity (Wildman–Crippen MR) is 81.8 cm³/mol. The zero-order valence-corrected chi connectivity index (χ0v) is 13.2. The number of anilines is 1. The largest absolute Gasteiger partial charge is 0.462 e. The molecule has 0 radical (unpaired) electrons. The third-order valence-electron chi connectivity index (χ3n) is 4.29. The highest BCUT2D eigenvalue weighted by Gasteiger charge is 2.45. The molecule has 5 N–H and O–H groups in total. The number of ether oxygens (including phenoxy) is 2. The molecule has 0 amide bonds. The van der Waals surface area contributed by atoms with Gasteiger partial charge in [0, 0.05) is 6.20 Å². The minimum absolute atomic E-state index is 0.0659. The number of rotatable bonds is 5. The van der Waals surface area contributed by atoms with Crippen molar-refractivity contribution in [3.8, 4) is 0 Å². The van der Waals surface area contributed by atoms with Gasteiger partial charge in [-0.15, -0.1) is 0 Å². The molecule has 0 aromatic carbocycles. The highest BCUT2D eigenvalue weighted by atomic mass is 16.6. The lowest BCUT2D eigenvalue weighted by Crippen LogP contribution is -2.38. The number of hydrogen-bond donors (Lipinski definition) is 5. The minimum atomic E-state index is -1.40. The van der Waals surface area contributed by atoms with Gasteiger partial charge in [-0.3, -0.25) is 20.0 Å². The molecule has 138 valence electrons. The second kappa shape index (κ2) is 7.45. The number of nitrogens with zero attached hydrogens (tertiary/aromatic N) is 2. The summed E-state index contributed by atoms with van der Waals surface area (Å²) in [6.45, 7) is 0.502. The molecular formula is C14H20N4O7. The van der Waals surface area contributed by atoms with E-state index < -0.39 is 36.2 Å². The summed E-state index contributed by atoms with van der Waals surface area (Å²) < 4.78 is 11.6. The molecular weight excluding hydrogens is 336 g/mol. The summed E-state index contributed by atoms with van der Waals surface area (Å²) in [7, 11) is 0. The van der Waals surface area contributed by atoms with E-state index in [4.69, 9.17) is 14.7 Å². The van der Waals surface area contributed by atoms with Crippen LogP contribution in [0.2, 0.25) is 0 Å². The van der Waals surface area contributed by atoms with Crippen LogP contribution in [0.25, 0.3) is 0 Å². The van der Waals surface area contributed by atoms with Gasteiger partial charge in [0.2, 0.25) is 0 Å². The number of carbonyl (C=O) groups is 1. The Morgan fingerprint density at radius 2 is 2.28 bits per heavy atom. The van der Waals surface area contributed by atoms with Crippen LogP contribution < -0.4 is 16.5 Å². The van der Waals surface area contributed by atoms with Gasteiger partial charge in [0.25, 0.3) is 0 Å². The predicted octanol–water partition coefficient (Wildman–Crippen LogP) is -2.04. The van der Waals surface area contributed by atoms with Gasteiger partial charge < -0.3 is 25.0 Å². The molecule has 1 aromatic rings. The summed E-state index contributed by atoms with van der Waals surface area (Å²) in [5.74, 6) is -0.507. The summed E-state index contributed by atoms with van der Waals surface area (Å²) in [5, 5.41) is 31.9. The van der Waals surface area contributed by atoms with Crippen molar-refractivity contribution >= 4 is 11.8 Å². The number of esters is 1. The molecule has 2 aliphatic rings. The number of nitrogens with one attached hydrogen (secondary N) is 2. The Labute approximate surface area is 142 Å². The van der Waals surface area contributed by atoms with E-state index in [-0.39, 0.29) is 18.5 Å². The molecule has 5 atom stereocenters. The first kappa shape index (κ1) is 17.8. The van der Waals surface area contributed by atoms with E-state index in [0.717, 1.165) is 17.5 Å². The van der Waals surface area contributed by atoms with E-state index in [1.165, 1.54) is 12.3 Å². The van der Waals surface area contributed by atoms with E-state index in [9.17, 15) is 19.8 Å². The fourth-order valence-corrected chi connectivity index (χ4v) is 2.92. The third-order valence-corrected chi connectivity index (χ3v) is 4.29. The fourth-order valence-electron chi connectivity index (χ4n) is 2.92. The van der Waals surface area contributed by atoms with Gasteiger partial charge in [0.05, 0.1) is 0 Å². The van der Waals surface area contributed by atoms with Crippen molar-refractivity contribution in [3.63, 3.8) is 0 Å². The molecule has 1 aromatic heterocycles. The van der Waals surface area contributed by atoms with Crippen molar-refractivity contribution < 1.29 is 29.7 Å². The number of aromatic nitrogens is 2. The number of hydrogen-bond acceptors (Lipinski definition) is 10. The average Bonchev–Trinajstić information content (AvgIpc) is 3.24. The molecule has 11 nitrogen and oxygen atoms in total. The molecule has 0 spiro atoms. The SMILES string of the molecule is O=C(OC[C@H]1O[C@@H](n2ccc(NO)nc2=O)[C@H](O)[C@@H]1O)[C@@H]1CCCN1. The molecule has 0 saturated carbocycles. The van der Waals surface area contributed by atoms with Crippen LogP contribution in [0.3, 0.4) is 0 Å². The van der Waals surface area contributed by atoms with E-state index >= 15 is 0 Å². The van der Waals surface area contributed by atoms with Gasteiger partial charge in [-0.05, 0) is 25.5 Å². The summed E-state index contributed by atoms with van der Waals surface area (Å²) in [6.07, 6.45) is -2.07. The highest BCUT2D eigenvalue weighted by Crippen LogP contribution is 2.28. The van der Waals surface area contributed by atoms with Gasteiger partial charge >= 0.3 is 11.7 Å². The van der Waals surface area contributed by atoms with Crippen LogP contribution in [0.1, 0.15) is 19.1 Å². The van der Waals surface area contributed by atoms with E-state index in [1.807, 2.05) is 0 Å². The van der Waals surface area contributed by atoms with Crippen LogP contribution in [-0.2, 0) is 14.3 Å². The maximum Gasteiger partial charge on any atom is 0.351 e. The minimum Gasteiger partial charge on any atom is -0.462 e. The van der Waals surface area contributed by atoms with Crippen molar-refractivity contribution in [1.29, 1.82) is 0 Å². The fraction of sp³-hybridized carbons (Fsp3) is 0.643. The Hall–Kier alpha value is -2.05. The number of carbonyl (C=O) groups excluding carboxylic acids is 1. The number of aliphatic hydroxyl groups is 2. The lowest BCUT2D eigenvalue weighted by atomic mass is 10.1. The van der Waals surface area contributed by atoms with Crippen molar-refractivity contribution in [3.05, 3.63) is 22.7 Å². The molecule has 11 heteroatoms. The van der Waals surface area contributed by atoms with E-state index in [2.05, 4.69) is 10.3 Å². The molecule has 0 bridgehead atoms. The first-order chi connectivity index (χ1) is 12.0. The van der Waals surface area contributed by atoms with Gasteiger partial charge in [0.1, 0.15) is 31.0 Å². The molecule has 0 unspecified atom stereocenters. The van der Waals surface area contributed by atoms with Gasteiger partial charge in [0.15, 0.2) is 12.0 Å². The molecule has 2 saturated heterocycles. The van der Waals surface area contributed by atoms with Crippen molar-refractivity contribution in [2.45, 2.75) is 43.4 Å². The van der Waals surface area contributed by atoms with Crippen LogP contribution in [0.4, 0.5) is 5.82 Å². The van der Waals surface area contributed by atoms with Crippen LogP contribution >= 0.6 is 0 Å². The summed E-state index contributed by atoms with van der Waals surface area (Å²) >= 11 is 0. The van der Waals surface area contributed by atoms with Gasteiger partial charge in [-0.2, -0.15) is 4.98 Å². The van der Waals surface area contributed by atoms with Crippen molar-refractivity contribution in [2.24, 2.45) is 0 Å². The second-order valence-corrected chi connectivity index (χ2v) is 5.94. The Bertz CT molecular complexity index is 675.